The maximum atomic E-state index is 13.4. The number of hydrogen-bond donors (Lipinski definition) is 3. The van der Waals surface area contributed by atoms with Gasteiger partial charge in [-0.3, -0.25) is 9.78 Å². The standard InChI is InChI=1S/C13H14FN3O4S2/c14-10-4-2-1-3-9(10)8-22-6-5-16-23(20,21)11-7-15-13(19)17-12(11)18/h1-4,7,16H,5-6,8H2,(H2,15,17,18,19). The SMILES string of the molecule is O=c1[nH]cc(S(=O)(=O)NCCSCc2ccccc2F)c(=O)[nH]1. The van der Waals surface area contributed by atoms with Crippen LogP contribution in [0.2, 0.25) is 0 Å². The number of rotatable bonds is 7. The molecule has 1 aromatic carbocycles. The number of H-pyrrole nitrogens is 2. The second-order valence-electron chi connectivity index (χ2n) is 4.48. The number of thioether (sulfide) groups is 1. The maximum Gasteiger partial charge on any atom is 0.325 e. The van der Waals surface area contributed by atoms with Crippen LogP contribution in [-0.2, 0) is 15.8 Å². The molecule has 2 rings (SSSR count). The zero-order valence-corrected chi connectivity index (χ0v) is 13.5. The highest BCUT2D eigenvalue weighted by atomic mass is 32.2. The number of halogens is 1. The lowest BCUT2D eigenvalue weighted by atomic mass is 10.2. The summed E-state index contributed by atoms with van der Waals surface area (Å²) in [4.78, 5) is 25.7. The van der Waals surface area contributed by atoms with Gasteiger partial charge in [0.2, 0.25) is 10.0 Å². The van der Waals surface area contributed by atoms with Gasteiger partial charge in [0.05, 0.1) is 0 Å². The highest BCUT2D eigenvalue weighted by molar-refractivity contribution is 7.98. The molecule has 1 aromatic heterocycles. The van der Waals surface area contributed by atoms with Crippen LogP contribution in [0, 0.1) is 5.82 Å². The first kappa shape index (κ1) is 17.4. The number of aromatic amines is 2. The van der Waals surface area contributed by atoms with E-state index in [2.05, 4.69) is 9.71 Å². The van der Waals surface area contributed by atoms with E-state index in [9.17, 15) is 22.4 Å². The van der Waals surface area contributed by atoms with Crippen molar-refractivity contribution in [2.75, 3.05) is 12.3 Å². The van der Waals surface area contributed by atoms with E-state index in [1.165, 1.54) is 17.8 Å². The highest BCUT2D eigenvalue weighted by Gasteiger charge is 2.17. The van der Waals surface area contributed by atoms with Crippen molar-refractivity contribution in [1.29, 1.82) is 0 Å². The highest BCUT2D eigenvalue weighted by Crippen LogP contribution is 2.14. The van der Waals surface area contributed by atoms with Gasteiger partial charge in [0.25, 0.3) is 5.56 Å². The maximum absolute atomic E-state index is 13.4. The fourth-order valence-corrected chi connectivity index (χ4v) is 3.73. The van der Waals surface area contributed by atoms with Gasteiger partial charge >= 0.3 is 5.69 Å². The second kappa shape index (κ2) is 7.57. The first-order chi connectivity index (χ1) is 10.9. The topological polar surface area (TPSA) is 112 Å². The Hall–Kier alpha value is -1.91. The lowest BCUT2D eigenvalue weighted by Crippen LogP contribution is -2.34. The largest absolute Gasteiger partial charge is 0.325 e. The van der Waals surface area contributed by atoms with Crippen LogP contribution in [0.5, 0.6) is 0 Å². The molecule has 1 heterocycles. The van der Waals surface area contributed by atoms with Crippen LogP contribution >= 0.6 is 11.8 Å². The lowest BCUT2D eigenvalue weighted by Gasteiger charge is -2.06. The molecule has 0 bridgehead atoms. The monoisotopic (exact) mass is 359 g/mol. The van der Waals surface area contributed by atoms with Crippen LogP contribution < -0.4 is 16.0 Å². The van der Waals surface area contributed by atoms with Gasteiger partial charge in [-0.25, -0.2) is 22.3 Å². The van der Waals surface area contributed by atoms with E-state index in [1.807, 2.05) is 4.98 Å². The smallest absolute Gasteiger partial charge is 0.313 e. The Morgan fingerprint density at radius 2 is 1.96 bits per heavy atom. The third kappa shape index (κ3) is 4.78. The Balaban J connectivity index is 1.87. The van der Waals surface area contributed by atoms with Gasteiger partial charge in [-0.1, -0.05) is 18.2 Å². The van der Waals surface area contributed by atoms with Gasteiger partial charge in [-0.05, 0) is 11.6 Å². The van der Waals surface area contributed by atoms with E-state index in [1.54, 1.807) is 18.2 Å². The Morgan fingerprint density at radius 1 is 1.22 bits per heavy atom. The molecule has 0 aliphatic rings. The van der Waals surface area contributed by atoms with Gasteiger partial charge in [0.15, 0.2) is 4.90 Å². The van der Waals surface area contributed by atoms with Crippen molar-refractivity contribution in [3.8, 4) is 0 Å². The van der Waals surface area contributed by atoms with Crippen LogP contribution in [0.3, 0.4) is 0 Å². The van der Waals surface area contributed by atoms with Crippen molar-refractivity contribution in [2.24, 2.45) is 0 Å². The molecular weight excluding hydrogens is 345 g/mol. The molecule has 0 unspecified atom stereocenters. The summed E-state index contributed by atoms with van der Waals surface area (Å²) in [5, 5.41) is 0. The van der Waals surface area contributed by atoms with Crippen LogP contribution in [0.4, 0.5) is 4.39 Å². The molecule has 0 aliphatic heterocycles. The molecule has 0 amide bonds. The van der Waals surface area contributed by atoms with Crippen LogP contribution in [0.25, 0.3) is 0 Å². The molecule has 0 spiro atoms. The van der Waals surface area contributed by atoms with Gasteiger partial charge < -0.3 is 4.98 Å². The van der Waals surface area contributed by atoms with Crippen molar-refractivity contribution >= 4 is 21.8 Å². The molecule has 2 aromatic rings. The van der Waals surface area contributed by atoms with Crippen LogP contribution in [0.15, 0.2) is 44.9 Å². The minimum Gasteiger partial charge on any atom is -0.313 e. The van der Waals surface area contributed by atoms with Crippen LogP contribution in [-0.4, -0.2) is 30.7 Å². The Kier molecular flexibility index (Phi) is 5.74. The number of benzene rings is 1. The van der Waals surface area contributed by atoms with Gasteiger partial charge in [-0.2, -0.15) is 11.8 Å². The molecule has 0 radical (unpaired) electrons. The summed E-state index contributed by atoms with van der Waals surface area (Å²) < 4.78 is 39.5. The summed E-state index contributed by atoms with van der Waals surface area (Å²) in [5.41, 5.74) is -1.23. The van der Waals surface area contributed by atoms with Crippen molar-refractivity contribution in [2.45, 2.75) is 10.6 Å². The first-order valence-corrected chi connectivity index (χ1v) is 9.17. The average Bonchev–Trinajstić information content (AvgIpc) is 2.48. The van der Waals surface area contributed by atoms with Crippen molar-refractivity contribution in [3.63, 3.8) is 0 Å². The molecule has 0 aliphatic carbocycles. The quantitative estimate of drug-likeness (QED) is 0.620. The van der Waals surface area contributed by atoms with E-state index >= 15 is 0 Å². The van der Waals surface area contributed by atoms with E-state index in [0.29, 0.717) is 17.1 Å². The molecule has 124 valence electrons. The fraction of sp³-hybridized carbons (Fsp3) is 0.231. The number of sulfonamides is 1. The molecule has 7 nitrogen and oxygen atoms in total. The number of aromatic nitrogens is 2. The molecule has 23 heavy (non-hydrogen) atoms. The van der Waals surface area contributed by atoms with E-state index < -0.39 is 26.2 Å². The predicted molar refractivity (Wildman–Crippen MR) is 85.4 cm³/mol. The number of nitrogens with one attached hydrogen (secondary N) is 3. The molecule has 0 atom stereocenters. The zero-order chi connectivity index (χ0) is 16.9. The van der Waals surface area contributed by atoms with Crippen molar-refractivity contribution in [3.05, 3.63) is 62.7 Å². The molecular formula is C13H14FN3O4S2. The van der Waals surface area contributed by atoms with Crippen molar-refractivity contribution in [1.82, 2.24) is 14.7 Å². The predicted octanol–water partition coefficient (Wildman–Crippen LogP) is 0.414. The third-order valence-corrected chi connectivity index (χ3v) is 5.30. The van der Waals surface area contributed by atoms with Crippen molar-refractivity contribution < 1.29 is 12.8 Å². The average molecular weight is 359 g/mol. The third-order valence-electron chi connectivity index (χ3n) is 2.83. The molecule has 0 saturated carbocycles. The Morgan fingerprint density at radius 3 is 2.65 bits per heavy atom. The van der Waals surface area contributed by atoms with Gasteiger partial charge in [0, 0.05) is 24.2 Å². The minimum atomic E-state index is -4.01. The summed E-state index contributed by atoms with van der Waals surface area (Å²) in [5.74, 6) is 0.503. The zero-order valence-electron chi connectivity index (χ0n) is 11.8. The van der Waals surface area contributed by atoms with E-state index in [0.717, 1.165) is 6.20 Å². The van der Waals surface area contributed by atoms with Gasteiger partial charge in [-0.15, -0.1) is 0 Å². The molecule has 3 N–H and O–H groups in total. The number of hydrogen-bond acceptors (Lipinski definition) is 5. The molecule has 0 fully saturated rings. The summed E-state index contributed by atoms with van der Waals surface area (Å²) in [6.45, 7) is 0.0695. The van der Waals surface area contributed by atoms with Crippen LogP contribution in [0.1, 0.15) is 5.56 Å². The second-order valence-corrected chi connectivity index (χ2v) is 7.32. The van der Waals surface area contributed by atoms with Gasteiger partial charge in [0.1, 0.15) is 5.82 Å². The minimum absolute atomic E-state index is 0.0695. The van der Waals surface area contributed by atoms with E-state index in [4.69, 9.17) is 0 Å². The first-order valence-electron chi connectivity index (χ1n) is 6.53. The van der Waals surface area contributed by atoms with E-state index in [-0.39, 0.29) is 12.4 Å². The lowest BCUT2D eigenvalue weighted by molar-refractivity contribution is 0.582. The molecule has 10 heteroatoms. The summed E-state index contributed by atoms with van der Waals surface area (Å²) in [6.07, 6.45) is 0.843. The Bertz CT molecular complexity index is 892. The molecule has 0 saturated heterocycles. The summed E-state index contributed by atoms with van der Waals surface area (Å²) in [7, 11) is -4.01. The summed E-state index contributed by atoms with van der Waals surface area (Å²) in [6, 6.07) is 6.34. The fourth-order valence-electron chi connectivity index (χ4n) is 1.72. The Labute approximate surface area is 135 Å². The normalized spacial score (nSPS) is 11.5. The summed E-state index contributed by atoms with van der Waals surface area (Å²) >= 11 is 1.35.